The highest BCUT2D eigenvalue weighted by Gasteiger charge is 2.00. The summed E-state index contributed by atoms with van der Waals surface area (Å²) in [5.41, 5.74) is 8.86. The standard InChI is InChI=1S/C11H13NO2.C8H11N.C8H8O2/c1-2-3-11(14)12-10-6-4-9(8-13)5-7-10;9-7-6-8-4-2-1-3-5-8;9-8(10)6-7-4-2-1-3-5-7/h4-8H,2-3H2,1H3,(H,12,14);1-5H,6-7,9H2;1-5H,6H2,(H,9,10). The maximum absolute atomic E-state index is 11.2. The number of aliphatic carboxylic acids is 1. The number of carbonyl (C=O) groups excluding carboxylic acids is 2. The van der Waals surface area contributed by atoms with E-state index in [1.807, 2.05) is 43.3 Å². The van der Waals surface area contributed by atoms with E-state index in [4.69, 9.17) is 10.8 Å². The number of nitrogens with two attached hydrogens (primary N) is 1. The molecule has 0 fully saturated rings. The highest BCUT2D eigenvalue weighted by molar-refractivity contribution is 5.91. The summed E-state index contributed by atoms with van der Waals surface area (Å²) in [5.74, 6) is -0.780. The second-order valence-corrected chi connectivity index (χ2v) is 7.12. The fourth-order valence-corrected chi connectivity index (χ4v) is 2.68. The molecule has 174 valence electrons. The van der Waals surface area contributed by atoms with Crippen molar-refractivity contribution in [1.29, 1.82) is 0 Å². The Morgan fingerprint density at radius 1 is 0.879 bits per heavy atom. The van der Waals surface area contributed by atoms with Gasteiger partial charge in [-0.1, -0.05) is 67.6 Å². The highest BCUT2D eigenvalue weighted by Crippen LogP contribution is 2.08. The minimum Gasteiger partial charge on any atom is -0.481 e. The molecule has 0 radical (unpaired) electrons. The van der Waals surface area contributed by atoms with E-state index in [-0.39, 0.29) is 12.3 Å². The Morgan fingerprint density at radius 2 is 1.42 bits per heavy atom. The van der Waals surface area contributed by atoms with Gasteiger partial charge in [-0.3, -0.25) is 14.4 Å². The average molecular weight is 449 g/mol. The third-order valence-electron chi connectivity index (χ3n) is 4.28. The van der Waals surface area contributed by atoms with Gasteiger partial charge in [-0.2, -0.15) is 0 Å². The molecule has 0 saturated carbocycles. The number of benzene rings is 3. The smallest absolute Gasteiger partial charge is 0.307 e. The molecule has 0 saturated heterocycles. The van der Waals surface area contributed by atoms with Gasteiger partial charge >= 0.3 is 5.97 Å². The molecule has 0 spiro atoms. The van der Waals surface area contributed by atoms with Crippen LogP contribution in [0.1, 0.15) is 41.3 Å². The van der Waals surface area contributed by atoms with Gasteiger partial charge in [0.15, 0.2) is 0 Å². The van der Waals surface area contributed by atoms with E-state index in [1.165, 1.54) is 5.56 Å². The van der Waals surface area contributed by atoms with E-state index in [0.717, 1.165) is 36.9 Å². The fraction of sp³-hybridized carbons (Fsp3) is 0.222. The van der Waals surface area contributed by atoms with Crippen LogP contribution in [0.25, 0.3) is 0 Å². The van der Waals surface area contributed by atoms with Gasteiger partial charge in [0.25, 0.3) is 0 Å². The van der Waals surface area contributed by atoms with E-state index in [9.17, 15) is 14.4 Å². The third kappa shape index (κ3) is 13.3. The first-order chi connectivity index (χ1) is 16.0. The average Bonchev–Trinajstić information content (AvgIpc) is 2.82. The van der Waals surface area contributed by atoms with Crippen molar-refractivity contribution < 1.29 is 19.5 Å². The Kier molecular flexibility index (Phi) is 13.9. The Labute approximate surface area is 195 Å². The lowest BCUT2D eigenvalue weighted by Gasteiger charge is -2.03. The summed E-state index contributed by atoms with van der Waals surface area (Å²) in [6.07, 6.45) is 3.23. The molecule has 0 unspecified atom stereocenters. The minimum atomic E-state index is -0.786. The topological polar surface area (TPSA) is 109 Å². The number of rotatable bonds is 8. The van der Waals surface area contributed by atoms with Crippen molar-refractivity contribution in [2.75, 3.05) is 11.9 Å². The SMILES string of the molecule is CCCC(=O)Nc1ccc(C=O)cc1.NCCc1ccccc1.O=C(O)Cc1ccccc1. The number of carboxylic acids is 1. The van der Waals surface area contributed by atoms with Crippen LogP contribution in [0.3, 0.4) is 0 Å². The Bertz CT molecular complexity index is 943. The molecule has 6 heteroatoms. The number of amides is 1. The van der Waals surface area contributed by atoms with Gasteiger partial charge in [-0.25, -0.2) is 0 Å². The van der Waals surface area contributed by atoms with Gasteiger partial charge in [-0.05, 0) is 54.8 Å². The largest absolute Gasteiger partial charge is 0.481 e. The van der Waals surface area contributed by atoms with E-state index in [2.05, 4.69) is 17.4 Å². The van der Waals surface area contributed by atoms with Crippen molar-refractivity contribution in [3.8, 4) is 0 Å². The Morgan fingerprint density at radius 3 is 1.88 bits per heavy atom. The number of hydrogen-bond acceptors (Lipinski definition) is 4. The second kappa shape index (κ2) is 16.9. The maximum atomic E-state index is 11.2. The van der Waals surface area contributed by atoms with Crippen molar-refractivity contribution in [3.05, 3.63) is 102 Å². The van der Waals surface area contributed by atoms with Crippen LogP contribution >= 0.6 is 0 Å². The van der Waals surface area contributed by atoms with Crippen molar-refractivity contribution in [2.45, 2.75) is 32.6 Å². The highest BCUT2D eigenvalue weighted by atomic mass is 16.4. The van der Waals surface area contributed by atoms with Crippen molar-refractivity contribution >= 4 is 23.9 Å². The number of nitrogens with one attached hydrogen (secondary N) is 1. The molecule has 3 aromatic rings. The zero-order valence-corrected chi connectivity index (χ0v) is 18.9. The van der Waals surface area contributed by atoms with Gasteiger partial charge in [0, 0.05) is 17.7 Å². The molecule has 4 N–H and O–H groups in total. The zero-order valence-electron chi connectivity index (χ0n) is 18.9. The molecule has 1 amide bonds. The molecule has 0 atom stereocenters. The third-order valence-corrected chi connectivity index (χ3v) is 4.28. The molecule has 33 heavy (non-hydrogen) atoms. The second-order valence-electron chi connectivity index (χ2n) is 7.12. The van der Waals surface area contributed by atoms with Gasteiger partial charge in [0.1, 0.15) is 6.29 Å². The van der Waals surface area contributed by atoms with Gasteiger partial charge in [0.05, 0.1) is 6.42 Å². The number of carboxylic acid groups (broad SMARTS) is 1. The summed E-state index contributed by atoms with van der Waals surface area (Å²) in [4.78, 5) is 31.7. The lowest BCUT2D eigenvalue weighted by molar-refractivity contribution is -0.136. The van der Waals surface area contributed by atoms with Gasteiger partial charge in [-0.15, -0.1) is 0 Å². The van der Waals surface area contributed by atoms with Crippen LogP contribution in [0.4, 0.5) is 5.69 Å². The van der Waals surface area contributed by atoms with Gasteiger partial charge in [0.2, 0.25) is 5.91 Å². The molecule has 0 aliphatic heterocycles. The van der Waals surface area contributed by atoms with Crippen molar-refractivity contribution in [1.82, 2.24) is 0 Å². The Hall–Kier alpha value is -3.77. The quantitative estimate of drug-likeness (QED) is 0.431. The van der Waals surface area contributed by atoms with E-state index < -0.39 is 5.97 Å². The summed E-state index contributed by atoms with van der Waals surface area (Å²) in [6.45, 7) is 2.69. The van der Waals surface area contributed by atoms with Crippen molar-refractivity contribution in [3.63, 3.8) is 0 Å². The van der Waals surface area contributed by atoms with Crippen LogP contribution in [0.2, 0.25) is 0 Å². The number of aldehydes is 1. The molecular formula is C27H32N2O4. The molecule has 0 heterocycles. The summed E-state index contributed by atoms with van der Waals surface area (Å²) >= 11 is 0. The van der Waals surface area contributed by atoms with Crippen LogP contribution in [0.5, 0.6) is 0 Å². The molecule has 3 aromatic carbocycles. The fourth-order valence-electron chi connectivity index (χ4n) is 2.68. The summed E-state index contributed by atoms with van der Waals surface area (Å²) in [6, 6.07) is 26.2. The molecule has 6 nitrogen and oxygen atoms in total. The summed E-state index contributed by atoms with van der Waals surface area (Å²) < 4.78 is 0. The summed E-state index contributed by atoms with van der Waals surface area (Å²) in [5, 5.41) is 11.1. The Balaban J connectivity index is 0.000000255. The van der Waals surface area contributed by atoms with Crippen molar-refractivity contribution in [2.24, 2.45) is 5.73 Å². The predicted octanol–water partition coefficient (Wildman–Crippen LogP) is 4.74. The minimum absolute atomic E-state index is 0.00588. The predicted molar refractivity (Wildman–Crippen MR) is 132 cm³/mol. The first-order valence-corrected chi connectivity index (χ1v) is 10.8. The lowest BCUT2D eigenvalue weighted by Crippen LogP contribution is -2.10. The zero-order chi connectivity index (χ0) is 24.3. The molecule has 3 rings (SSSR count). The van der Waals surface area contributed by atoms with Crippen LogP contribution in [0, 0.1) is 0 Å². The lowest BCUT2D eigenvalue weighted by atomic mass is 10.2. The van der Waals surface area contributed by atoms with E-state index in [0.29, 0.717) is 12.0 Å². The molecule has 0 aromatic heterocycles. The molecule has 0 bridgehead atoms. The molecular weight excluding hydrogens is 416 g/mol. The van der Waals surface area contributed by atoms with Crippen LogP contribution in [-0.2, 0) is 22.4 Å². The normalized spacial score (nSPS) is 9.39. The number of carbonyl (C=O) groups is 3. The van der Waals surface area contributed by atoms with Crippen LogP contribution in [0.15, 0.2) is 84.9 Å². The monoisotopic (exact) mass is 448 g/mol. The van der Waals surface area contributed by atoms with Gasteiger partial charge < -0.3 is 16.2 Å². The maximum Gasteiger partial charge on any atom is 0.307 e. The summed E-state index contributed by atoms with van der Waals surface area (Å²) in [7, 11) is 0. The van der Waals surface area contributed by atoms with Crippen LogP contribution in [-0.4, -0.2) is 29.8 Å². The van der Waals surface area contributed by atoms with E-state index >= 15 is 0 Å². The number of hydrogen-bond donors (Lipinski definition) is 3. The van der Waals surface area contributed by atoms with Crippen LogP contribution < -0.4 is 11.1 Å². The first kappa shape index (κ1) is 27.3. The number of anilines is 1. The molecule has 0 aliphatic rings. The first-order valence-electron chi connectivity index (χ1n) is 10.8. The van der Waals surface area contributed by atoms with E-state index in [1.54, 1.807) is 36.4 Å². The molecule has 0 aliphatic carbocycles.